The molecular weight excluding hydrogens is 314 g/mol. The largest absolute Gasteiger partial charge is 0.393 e. The molecular formula is C16H23N3O5. The third-order valence-electron chi connectivity index (χ3n) is 3.51. The number of nitrogens with one attached hydrogen (secondary N) is 2. The maximum absolute atomic E-state index is 11.8. The van der Waals surface area contributed by atoms with Gasteiger partial charge in [0.25, 0.3) is 5.69 Å². The van der Waals surface area contributed by atoms with E-state index in [2.05, 4.69) is 10.6 Å². The number of benzene rings is 1. The fraction of sp³-hybridized carbons (Fsp3) is 0.500. The first-order valence-electron chi connectivity index (χ1n) is 7.54. The molecule has 2 amide bonds. The first-order chi connectivity index (χ1) is 11.0. The van der Waals surface area contributed by atoms with Crippen LogP contribution in [-0.4, -0.2) is 34.5 Å². The van der Waals surface area contributed by atoms with Crippen molar-refractivity contribution in [3.63, 3.8) is 0 Å². The highest BCUT2D eigenvalue weighted by atomic mass is 16.6. The Labute approximate surface area is 140 Å². The zero-order valence-corrected chi connectivity index (χ0v) is 14.3. The van der Waals surface area contributed by atoms with E-state index in [-0.39, 0.29) is 23.3 Å². The van der Waals surface area contributed by atoms with Crippen molar-refractivity contribution in [2.24, 2.45) is 5.41 Å². The molecule has 0 aromatic heterocycles. The van der Waals surface area contributed by atoms with Crippen LogP contribution >= 0.6 is 0 Å². The summed E-state index contributed by atoms with van der Waals surface area (Å²) in [7, 11) is 0. The van der Waals surface area contributed by atoms with Crippen LogP contribution in [0, 0.1) is 22.5 Å². The van der Waals surface area contributed by atoms with Crippen LogP contribution in [0.25, 0.3) is 0 Å². The molecule has 8 nitrogen and oxygen atoms in total. The second-order valence-electron chi connectivity index (χ2n) is 6.66. The molecule has 0 radical (unpaired) electrons. The van der Waals surface area contributed by atoms with E-state index in [1.807, 2.05) is 20.8 Å². The number of amides is 2. The molecule has 132 valence electrons. The van der Waals surface area contributed by atoms with Gasteiger partial charge < -0.3 is 15.7 Å². The zero-order chi connectivity index (χ0) is 18.5. The van der Waals surface area contributed by atoms with Gasteiger partial charge in [0.05, 0.1) is 11.0 Å². The summed E-state index contributed by atoms with van der Waals surface area (Å²) in [4.78, 5) is 34.0. The first-order valence-corrected chi connectivity index (χ1v) is 7.54. The summed E-state index contributed by atoms with van der Waals surface area (Å²) in [5.74, 6) is -1.90. The molecule has 0 heterocycles. The molecule has 0 spiro atoms. The quantitative estimate of drug-likeness (QED) is 0.429. The van der Waals surface area contributed by atoms with Gasteiger partial charge in [0.1, 0.15) is 5.69 Å². The van der Waals surface area contributed by atoms with E-state index >= 15 is 0 Å². The van der Waals surface area contributed by atoms with Crippen LogP contribution < -0.4 is 10.6 Å². The fourth-order valence-electron chi connectivity index (χ4n) is 1.91. The SMILES string of the molecule is Cc1ccc(NC(=O)C(=O)NCCC(O)C(C)(C)C)c([N+](=O)[O-])c1. The molecule has 0 bridgehead atoms. The standard InChI is InChI=1S/C16H23N3O5/c1-10-5-6-11(12(9-10)19(23)24)18-15(22)14(21)17-8-7-13(20)16(2,3)4/h5-6,9,13,20H,7-8H2,1-4H3,(H,17,21)(H,18,22). The van der Waals surface area contributed by atoms with E-state index < -0.39 is 22.8 Å². The van der Waals surface area contributed by atoms with Gasteiger partial charge in [0, 0.05) is 12.6 Å². The third kappa shape index (κ3) is 5.62. The van der Waals surface area contributed by atoms with Crippen LogP contribution in [0.3, 0.4) is 0 Å². The first kappa shape index (κ1) is 19.6. The lowest BCUT2D eigenvalue weighted by atomic mass is 9.87. The number of aryl methyl sites for hydroxylation is 1. The Morgan fingerprint density at radius 3 is 2.46 bits per heavy atom. The topological polar surface area (TPSA) is 122 Å². The van der Waals surface area contributed by atoms with Gasteiger partial charge in [-0.3, -0.25) is 19.7 Å². The van der Waals surface area contributed by atoms with Crippen LogP contribution in [-0.2, 0) is 9.59 Å². The van der Waals surface area contributed by atoms with E-state index in [1.165, 1.54) is 12.1 Å². The molecule has 0 saturated carbocycles. The van der Waals surface area contributed by atoms with Gasteiger partial charge in [-0.1, -0.05) is 26.8 Å². The number of hydrogen-bond donors (Lipinski definition) is 3. The maximum atomic E-state index is 11.8. The number of nitro groups is 1. The molecule has 0 aliphatic rings. The average Bonchev–Trinajstić information content (AvgIpc) is 2.47. The Hall–Kier alpha value is -2.48. The molecule has 8 heteroatoms. The highest BCUT2D eigenvalue weighted by Crippen LogP contribution is 2.25. The molecule has 0 aliphatic heterocycles. The monoisotopic (exact) mass is 337 g/mol. The van der Waals surface area contributed by atoms with Crippen LogP contribution in [0.15, 0.2) is 18.2 Å². The second-order valence-corrected chi connectivity index (χ2v) is 6.66. The van der Waals surface area contributed by atoms with E-state index in [0.29, 0.717) is 12.0 Å². The summed E-state index contributed by atoms with van der Waals surface area (Å²) < 4.78 is 0. The van der Waals surface area contributed by atoms with Crippen molar-refractivity contribution < 1.29 is 19.6 Å². The second kappa shape index (κ2) is 7.87. The van der Waals surface area contributed by atoms with Crippen LogP contribution in [0.4, 0.5) is 11.4 Å². The smallest absolute Gasteiger partial charge is 0.313 e. The molecule has 1 aromatic carbocycles. The highest BCUT2D eigenvalue weighted by molar-refractivity contribution is 6.39. The van der Waals surface area contributed by atoms with Gasteiger partial charge in [-0.2, -0.15) is 0 Å². The number of carbonyl (C=O) groups is 2. The van der Waals surface area contributed by atoms with Gasteiger partial charge in [0.2, 0.25) is 0 Å². The molecule has 24 heavy (non-hydrogen) atoms. The Bertz CT molecular complexity index is 637. The predicted octanol–water partition coefficient (Wildman–Crippen LogP) is 1.76. The van der Waals surface area contributed by atoms with Crippen molar-refractivity contribution in [2.45, 2.75) is 40.2 Å². The molecule has 1 atom stereocenters. The number of rotatable bonds is 5. The number of anilines is 1. The molecule has 0 fully saturated rings. The minimum absolute atomic E-state index is 0.0412. The minimum Gasteiger partial charge on any atom is -0.393 e. The summed E-state index contributed by atoms with van der Waals surface area (Å²) >= 11 is 0. The number of carbonyl (C=O) groups excluding carboxylic acids is 2. The van der Waals surface area contributed by atoms with Crippen LogP contribution in [0.5, 0.6) is 0 Å². The number of aliphatic hydroxyl groups is 1. The van der Waals surface area contributed by atoms with Gasteiger partial charge in [-0.15, -0.1) is 0 Å². The van der Waals surface area contributed by atoms with Crippen molar-refractivity contribution in [1.29, 1.82) is 0 Å². The number of aliphatic hydroxyl groups excluding tert-OH is 1. The Balaban J connectivity index is 2.63. The summed E-state index contributed by atoms with van der Waals surface area (Å²) in [5.41, 5.74) is 0.0234. The molecule has 1 aromatic rings. The van der Waals surface area contributed by atoms with Crippen molar-refractivity contribution in [3.8, 4) is 0 Å². The fourth-order valence-corrected chi connectivity index (χ4v) is 1.91. The van der Waals surface area contributed by atoms with Gasteiger partial charge in [-0.25, -0.2) is 0 Å². The maximum Gasteiger partial charge on any atom is 0.313 e. The third-order valence-corrected chi connectivity index (χ3v) is 3.51. The predicted molar refractivity (Wildman–Crippen MR) is 89.6 cm³/mol. The van der Waals surface area contributed by atoms with Crippen LogP contribution in [0.1, 0.15) is 32.8 Å². The Kier molecular flexibility index (Phi) is 6.42. The molecule has 0 aliphatic carbocycles. The minimum atomic E-state index is -0.993. The number of hydrogen-bond acceptors (Lipinski definition) is 5. The van der Waals surface area contributed by atoms with E-state index in [1.54, 1.807) is 13.0 Å². The highest BCUT2D eigenvalue weighted by Gasteiger charge is 2.23. The van der Waals surface area contributed by atoms with Crippen molar-refractivity contribution in [2.75, 3.05) is 11.9 Å². The van der Waals surface area contributed by atoms with Crippen molar-refractivity contribution in [3.05, 3.63) is 33.9 Å². The Morgan fingerprint density at radius 2 is 1.92 bits per heavy atom. The van der Waals surface area contributed by atoms with Gasteiger partial charge >= 0.3 is 11.8 Å². The molecule has 1 rings (SSSR count). The zero-order valence-electron chi connectivity index (χ0n) is 14.3. The van der Waals surface area contributed by atoms with Gasteiger partial charge in [-0.05, 0) is 30.4 Å². The molecule has 0 saturated heterocycles. The van der Waals surface area contributed by atoms with Crippen molar-refractivity contribution in [1.82, 2.24) is 5.32 Å². The summed E-state index contributed by atoms with van der Waals surface area (Å²) in [6.45, 7) is 7.40. The summed E-state index contributed by atoms with van der Waals surface area (Å²) in [6.07, 6.45) is -0.327. The lowest BCUT2D eigenvalue weighted by molar-refractivity contribution is -0.384. The van der Waals surface area contributed by atoms with E-state index in [9.17, 15) is 24.8 Å². The summed E-state index contributed by atoms with van der Waals surface area (Å²) in [6, 6.07) is 4.29. The molecule has 3 N–H and O–H groups in total. The lowest BCUT2D eigenvalue weighted by Gasteiger charge is -2.25. The average molecular weight is 337 g/mol. The van der Waals surface area contributed by atoms with E-state index in [4.69, 9.17) is 0 Å². The van der Waals surface area contributed by atoms with Crippen molar-refractivity contribution >= 4 is 23.2 Å². The number of nitro benzene ring substituents is 1. The lowest BCUT2D eigenvalue weighted by Crippen LogP contribution is -2.38. The summed E-state index contributed by atoms with van der Waals surface area (Å²) in [5, 5.41) is 25.5. The molecule has 1 unspecified atom stereocenters. The normalized spacial score (nSPS) is 12.4. The van der Waals surface area contributed by atoms with E-state index in [0.717, 1.165) is 0 Å². The Morgan fingerprint density at radius 1 is 1.29 bits per heavy atom. The van der Waals surface area contributed by atoms with Gasteiger partial charge in [0.15, 0.2) is 0 Å². The van der Waals surface area contributed by atoms with Crippen LogP contribution in [0.2, 0.25) is 0 Å². The number of nitrogens with zero attached hydrogens (tertiary/aromatic N) is 1.